The molecule has 0 radical (unpaired) electrons. The average Bonchev–Trinajstić information content (AvgIpc) is 2.69. The molecule has 0 saturated heterocycles. The van der Waals surface area contributed by atoms with Gasteiger partial charge in [-0.05, 0) is 37.5 Å². The van der Waals surface area contributed by atoms with E-state index in [-0.39, 0.29) is 11.6 Å². The van der Waals surface area contributed by atoms with E-state index >= 15 is 0 Å². The van der Waals surface area contributed by atoms with Gasteiger partial charge in [-0.2, -0.15) is 0 Å². The molecule has 1 aromatic carbocycles. The lowest BCUT2D eigenvalue weighted by Gasteiger charge is -2.31. The summed E-state index contributed by atoms with van der Waals surface area (Å²) < 4.78 is 18.5. The smallest absolute Gasteiger partial charge is 0.341 e. The molecule has 2 aromatic rings. The zero-order valence-corrected chi connectivity index (χ0v) is 16.4. The number of hydrogen-bond donors (Lipinski definition) is 1. The summed E-state index contributed by atoms with van der Waals surface area (Å²) in [4.78, 5) is 23.7. The Morgan fingerprint density at radius 3 is 2.64 bits per heavy atom. The summed E-state index contributed by atoms with van der Waals surface area (Å²) in [6.07, 6.45) is 2.98. The van der Waals surface area contributed by atoms with E-state index in [0.717, 1.165) is 17.5 Å². The van der Waals surface area contributed by atoms with Crippen LogP contribution in [0.15, 0.2) is 29.2 Å². The van der Waals surface area contributed by atoms with Crippen molar-refractivity contribution in [2.75, 3.05) is 26.9 Å². The van der Waals surface area contributed by atoms with Crippen LogP contribution in [0.5, 0.6) is 11.5 Å². The number of hydrogen-bond acceptors (Lipinski definition) is 5. The van der Waals surface area contributed by atoms with Crippen molar-refractivity contribution in [1.82, 2.24) is 4.57 Å². The summed E-state index contributed by atoms with van der Waals surface area (Å²) in [5, 5.41) is 9.30. The van der Waals surface area contributed by atoms with Gasteiger partial charge in [-0.3, -0.25) is 4.79 Å². The molecule has 0 amide bonds. The molecule has 28 heavy (non-hydrogen) atoms. The molecular weight excluding hydrogens is 362 g/mol. The number of methoxy groups -OCH3 is 1. The molecule has 1 aromatic heterocycles. The number of ether oxygens (including phenoxy) is 3. The van der Waals surface area contributed by atoms with Gasteiger partial charge in [0.15, 0.2) is 16.9 Å². The fraction of sp³-hybridized carbons (Fsp3) is 0.429. The largest absolute Gasteiger partial charge is 0.493 e. The van der Waals surface area contributed by atoms with Crippen LogP contribution < -0.4 is 14.9 Å². The third-order valence-corrected chi connectivity index (χ3v) is 4.99. The average molecular weight is 387 g/mol. The van der Waals surface area contributed by atoms with Gasteiger partial charge in [0.2, 0.25) is 0 Å². The zero-order chi connectivity index (χ0) is 20.3. The highest BCUT2D eigenvalue weighted by atomic mass is 16.5. The second kappa shape index (κ2) is 8.48. The number of carbonyl (C=O) groups is 1. The maximum Gasteiger partial charge on any atom is 0.341 e. The molecular formula is C21H25NO6. The van der Waals surface area contributed by atoms with Crippen LogP contribution in [0.4, 0.5) is 0 Å². The van der Waals surface area contributed by atoms with Crippen LogP contribution in [0.1, 0.15) is 42.2 Å². The first-order valence-electron chi connectivity index (χ1n) is 9.41. The summed E-state index contributed by atoms with van der Waals surface area (Å²) in [6, 6.07) is 5.26. The molecule has 7 nitrogen and oxygen atoms in total. The van der Waals surface area contributed by atoms with Crippen LogP contribution in [-0.2, 0) is 11.2 Å². The van der Waals surface area contributed by atoms with Crippen molar-refractivity contribution < 1.29 is 24.1 Å². The molecule has 150 valence electrons. The fourth-order valence-corrected chi connectivity index (χ4v) is 3.56. The van der Waals surface area contributed by atoms with Crippen molar-refractivity contribution in [2.24, 2.45) is 0 Å². The number of aromatic carboxylic acids is 1. The Balaban J connectivity index is 2.07. The molecule has 3 rings (SSSR count). The summed E-state index contributed by atoms with van der Waals surface area (Å²) in [6.45, 7) is 5.51. The highest BCUT2D eigenvalue weighted by molar-refractivity contribution is 5.87. The topological polar surface area (TPSA) is 87.0 Å². The van der Waals surface area contributed by atoms with Crippen molar-refractivity contribution in [2.45, 2.75) is 32.7 Å². The zero-order valence-electron chi connectivity index (χ0n) is 16.4. The predicted molar refractivity (Wildman–Crippen MR) is 105 cm³/mol. The Kier molecular flexibility index (Phi) is 6.04. The number of carboxylic acid groups (broad SMARTS) is 1. The molecule has 0 fully saturated rings. The monoisotopic (exact) mass is 387 g/mol. The van der Waals surface area contributed by atoms with Crippen LogP contribution in [0.3, 0.4) is 0 Å². The van der Waals surface area contributed by atoms with Crippen LogP contribution >= 0.6 is 0 Å². The highest BCUT2D eigenvalue weighted by Crippen LogP contribution is 2.41. The van der Waals surface area contributed by atoms with Crippen LogP contribution in [0.25, 0.3) is 11.3 Å². The van der Waals surface area contributed by atoms with Gasteiger partial charge in [-0.25, -0.2) is 4.79 Å². The van der Waals surface area contributed by atoms with E-state index < -0.39 is 11.4 Å². The van der Waals surface area contributed by atoms with Crippen LogP contribution in [-0.4, -0.2) is 42.6 Å². The Labute approximate surface area is 163 Å². The summed E-state index contributed by atoms with van der Waals surface area (Å²) in [5.41, 5.74) is 1.88. The quantitative estimate of drug-likeness (QED) is 0.700. The summed E-state index contributed by atoms with van der Waals surface area (Å²) >= 11 is 0. The summed E-state index contributed by atoms with van der Waals surface area (Å²) in [5.74, 6) is -0.0168. The lowest BCUT2D eigenvalue weighted by molar-refractivity contribution is 0.0694. The van der Waals surface area contributed by atoms with Gasteiger partial charge in [0.25, 0.3) is 0 Å². The lowest BCUT2D eigenvalue weighted by Crippen LogP contribution is -2.25. The Morgan fingerprint density at radius 2 is 2.00 bits per heavy atom. The molecule has 0 bridgehead atoms. The maximum absolute atomic E-state index is 12.3. The third kappa shape index (κ3) is 3.75. The van der Waals surface area contributed by atoms with Crippen LogP contribution in [0, 0.1) is 0 Å². The number of aromatic nitrogens is 1. The van der Waals surface area contributed by atoms with Gasteiger partial charge < -0.3 is 23.9 Å². The minimum absolute atomic E-state index is 0.0610. The number of rotatable bonds is 8. The minimum Gasteiger partial charge on any atom is -0.493 e. The molecule has 1 unspecified atom stereocenters. The number of fused-ring (bicyclic) bond motifs is 3. The highest BCUT2D eigenvalue weighted by Gasteiger charge is 2.26. The van der Waals surface area contributed by atoms with E-state index in [1.54, 1.807) is 7.11 Å². The molecule has 7 heteroatoms. The SMILES string of the molecule is CCOCCOc1cc2c(cc1OC)-c1cc(=O)c(C(=O)O)cn1C(CC)C2. The van der Waals surface area contributed by atoms with Crippen molar-refractivity contribution in [3.05, 3.63) is 45.7 Å². The second-order valence-electron chi connectivity index (χ2n) is 6.62. The predicted octanol–water partition coefficient (Wildman–Crippen LogP) is 3.14. The van der Waals surface area contributed by atoms with Crippen LogP contribution in [0.2, 0.25) is 0 Å². The van der Waals surface area contributed by atoms with E-state index in [0.29, 0.717) is 43.4 Å². The van der Waals surface area contributed by atoms with Gasteiger partial charge in [0.05, 0.1) is 19.4 Å². The number of pyridine rings is 1. The number of nitrogens with zero attached hydrogens (tertiary/aromatic N) is 1. The van der Waals surface area contributed by atoms with Crippen molar-refractivity contribution in [3.8, 4) is 22.8 Å². The van der Waals surface area contributed by atoms with Crippen molar-refractivity contribution in [1.29, 1.82) is 0 Å². The van der Waals surface area contributed by atoms with E-state index in [1.807, 2.05) is 30.5 Å². The number of carboxylic acids is 1. The molecule has 1 N–H and O–H groups in total. The minimum atomic E-state index is -1.21. The standard InChI is InChI=1S/C21H25NO6/c1-4-14-8-13-9-20(28-7-6-27-5-2)19(26-3)10-15(13)17-11-18(23)16(21(24)25)12-22(14)17/h9-12,14H,4-8H2,1-3H3,(H,24,25). The molecule has 0 spiro atoms. The molecule has 1 aliphatic heterocycles. The van der Waals surface area contributed by atoms with E-state index in [4.69, 9.17) is 14.2 Å². The van der Waals surface area contributed by atoms with E-state index in [1.165, 1.54) is 12.3 Å². The van der Waals surface area contributed by atoms with Gasteiger partial charge >= 0.3 is 5.97 Å². The Hall–Kier alpha value is -2.80. The van der Waals surface area contributed by atoms with E-state index in [2.05, 4.69) is 0 Å². The Morgan fingerprint density at radius 1 is 1.21 bits per heavy atom. The Bertz CT molecular complexity index is 933. The maximum atomic E-state index is 12.3. The first kappa shape index (κ1) is 19.9. The first-order chi connectivity index (χ1) is 13.5. The summed E-state index contributed by atoms with van der Waals surface area (Å²) in [7, 11) is 1.56. The molecule has 1 aliphatic rings. The molecule has 0 aliphatic carbocycles. The molecule has 2 heterocycles. The van der Waals surface area contributed by atoms with E-state index in [9.17, 15) is 14.7 Å². The first-order valence-corrected chi connectivity index (χ1v) is 9.41. The lowest BCUT2D eigenvalue weighted by atomic mass is 9.90. The van der Waals surface area contributed by atoms with Gasteiger partial charge in [-0.15, -0.1) is 0 Å². The van der Waals surface area contributed by atoms with Crippen molar-refractivity contribution >= 4 is 5.97 Å². The molecule has 1 atom stereocenters. The third-order valence-electron chi connectivity index (χ3n) is 4.99. The van der Waals surface area contributed by atoms with Gasteiger partial charge in [-0.1, -0.05) is 6.92 Å². The number of benzene rings is 1. The van der Waals surface area contributed by atoms with Gasteiger partial charge in [0.1, 0.15) is 12.2 Å². The second-order valence-corrected chi connectivity index (χ2v) is 6.62. The van der Waals surface area contributed by atoms with Gasteiger partial charge in [0, 0.05) is 30.5 Å². The fourth-order valence-electron chi connectivity index (χ4n) is 3.56. The van der Waals surface area contributed by atoms with Crippen molar-refractivity contribution in [3.63, 3.8) is 0 Å². The normalized spacial score (nSPS) is 14.9. The molecule has 0 saturated carbocycles.